The van der Waals surface area contributed by atoms with E-state index >= 15 is 0 Å². The number of carbonyl (C=O) groups excluding carboxylic acids is 1. The molecular weight excluding hydrogens is 336 g/mol. The first-order valence-corrected chi connectivity index (χ1v) is 9.61. The average molecular weight is 357 g/mol. The van der Waals surface area contributed by atoms with Crippen LogP contribution in [0.1, 0.15) is 38.3 Å². The van der Waals surface area contributed by atoms with Crippen molar-refractivity contribution < 1.29 is 4.79 Å². The maximum atomic E-state index is 11.5. The van der Waals surface area contributed by atoms with Crippen LogP contribution in [0.15, 0.2) is 47.3 Å². The Labute approximate surface area is 150 Å². The highest BCUT2D eigenvalue weighted by atomic mass is 32.1. The zero-order valence-corrected chi connectivity index (χ0v) is 15.5. The molecule has 0 atom stereocenters. The zero-order valence-electron chi connectivity index (χ0n) is 13.9. The minimum absolute atomic E-state index is 0.138. The lowest BCUT2D eigenvalue weighted by Crippen LogP contribution is -2.22. The molecule has 0 aliphatic carbocycles. The Morgan fingerprint density at radius 3 is 2.46 bits per heavy atom. The van der Waals surface area contributed by atoms with Gasteiger partial charge in [-0.2, -0.15) is 0 Å². The van der Waals surface area contributed by atoms with E-state index < -0.39 is 0 Å². The molecule has 0 unspecified atom stereocenters. The summed E-state index contributed by atoms with van der Waals surface area (Å²) in [6.45, 7) is 6.26. The standard InChI is InChI=1S/C19H20N2OS2/c1-14-19(24-13-20-14)11-21(9-16-6-4-3-5-7-16)10-17-8-18(15(2)22)23-12-17/h3-8,12-13H,9-11H2,1-2H3. The summed E-state index contributed by atoms with van der Waals surface area (Å²) in [7, 11) is 0. The number of Topliss-reactive ketones (excluding diaryl/α,β-unsaturated/α-hetero) is 1. The highest BCUT2D eigenvalue weighted by Gasteiger charge is 2.13. The first kappa shape index (κ1) is 17.0. The highest BCUT2D eigenvalue weighted by Crippen LogP contribution is 2.22. The minimum Gasteiger partial charge on any atom is -0.294 e. The number of hydrogen-bond acceptors (Lipinski definition) is 5. The third kappa shape index (κ3) is 4.38. The molecule has 0 spiro atoms. The number of benzene rings is 1. The van der Waals surface area contributed by atoms with Gasteiger partial charge in [-0.3, -0.25) is 9.69 Å². The predicted molar refractivity (Wildman–Crippen MR) is 101 cm³/mol. The Bertz CT molecular complexity index is 808. The molecule has 0 saturated heterocycles. The summed E-state index contributed by atoms with van der Waals surface area (Å²) in [6, 6.07) is 12.5. The number of rotatable bonds is 7. The zero-order chi connectivity index (χ0) is 16.9. The van der Waals surface area contributed by atoms with Gasteiger partial charge in [0.1, 0.15) is 0 Å². The van der Waals surface area contributed by atoms with Crippen molar-refractivity contribution in [3.8, 4) is 0 Å². The molecule has 3 aromatic rings. The van der Waals surface area contributed by atoms with Gasteiger partial charge in [0.25, 0.3) is 0 Å². The number of nitrogens with zero attached hydrogens (tertiary/aromatic N) is 2. The van der Waals surface area contributed by atoms with E-state index in [9.17, 15) is 4.79 Å². The van der Waals surface area contributed by atoms with E-state index in [-0.39, 0.29) is 5.78 Å². The number of aryl methyl sites for hydroxylation is 1. The summed E-state index contributed by atoms with van der Waals surface area (Å²) in [5.74, 6) is 0.138. The Morgan fingerprint density at radius 1 is 1.08 bits per heavy atom. The summed E-state index contributed by atoms with van der Waals surface area (Å²) in [6.07, 6.45) is 0. The molecule has 124 valence electrons. The van der Waals surface area contributed by atoms with Gasteiger partial charge in [-0.1, -0.05) is 30.3 Å². The maximum Gasteiger partial charge on any atom is 0.169 e. The Kier molecular flexibility index (Phi) is 5.56. The molecule has 0 bridgehead atoms. The third-order valence-corrected chi connectivity index (χ3v) is 5.87. The van der Waals surface area contributed by atoms with Crippen molar-refractivity contribution in [2.75, 3.05) is 0 Å². The first-order valence-electron chi connectivity index (χ1n) is 7.85. The molecule has 0 saturated carbocycles. The average Bonchev–Trinajstić information content (AvgIpc) is 3.18. The number of carbonyl (C=O) groups is 1. The number of hydrogen-bond donors (Lipinski definition) is 0. The Morgan fingerprint density at radius 2 is 1.83 bits per heavy atom. The van der Waals surface area contributed by atoms with Crippen LogP contribution in [0.2, 0.25) is 0 Å². The normalized spacial score (nSPS) is 11.1. The monoisotopic (exact) mass is 356 g/mol. The van der Waals surface area contributed by atoms with Crippen molar-refractivity contribution in [2.24, 2.45) is 0 Å². The largest absolute Gasteiger partial charge is 0.294 e. The fraction of sp³-hybridized carbons (Fsp3) is 0.263. The van der Waals surface area contributed by atoms with Crippen LogP contribution in [0.3, 0.4) is 0 Å². The van der Waals surface area contributed by atoms with Crippen molar-refractivity contribution in [1.29, 1.82) is 0 Å². The fourth-order valence-electron chi connectivity index (χ4n) is 2.59. The predicted octanol–water partition coefficient (Wildman–Crippen LogP) is 4.92. The van der Waals surface area contributed by atoms with Crippen molar-refractivity contribution in [2.45, 2.75) is 33.5 Å². The van der Waals surface area contributed by atoms with Gasteiger partial charge in [0.2, 0.25) is 0 Å². The number of ketones is 1. The van der Waals surface area contributed by atoms with Gasteiger partial charge in [-0.25, -0.2) is 4.98 Å². The summed E-state index contributed by atoms with van der Waals surface area (Å²) < 4.78 is 0. The van der Waals surface area contributed by atoms with E-state index in [1.54, 1.807) is 18.3 Å². The Balaban J connectivity index is 1.77. The molecule has 0 radical (unpaired) electrons. The molecule has 2 aromatic heterocycles. The smallest absolute Gasteiger partial charge is 0.169 e. The van der Waals surface area contributed by atoms with Gasteiger partial charge in [0, 0.05) is 24.5 Å². The van der Waals surface area contributed by atoms with Crippen LogP contribution in [0.4, 0.5) is 0 Å². The topological polar surface area (TPSA) is 33.2 Å². The van der Waals surface area contributed by atoms with Crippen LogP contribution in [-0.2, 0) is 19.6 Å². The van der Waals surface area contributed by atoms with Crippen LogP contribution in [0.25, 0.3) is 0 Å². The van der Waals surface area contributed by atoms with E-state index in [1.807, 2.05) is 17.6 Å². The summed E-state index contributed by atoms with van der Waals surface area (Å²) >= 11 is 3.24. The van der Waals surface area contributed by atoms with Crippen LogP contribution < -0.4 is 0 Å². The molecular formula is C19H20N2OS2. The van der Waals surface area contributed by atoms with Gasteiger partial charge in [0.05, 0.1) is 16.1 Å². The molecule has 3 nitrogen and oxygen atoms in total. The molecule has 0 N–H and O–H groups in total. The molecule has 24 heavy (non-hydrogen) atoms. The van der Waals surface area contributed by atoms with Crippen molar-refractivity contribution in [1.82, 2.24) is 9.88 Å². The third-order valence-electron chi connectivity index (χ3n) is 3.87. The molecule has 3 rings (SSSR count). The van der Waals surface area contributed by atoms with Gasteiger partial charge in [-0.15, -0.1) is 22.7 Å². The van der Waals surface area contributed by atoms with E-state index in [4.69, 9.17) is 0 Å². The van der Waals surface area contributed by atoms with Gasteiger partial charge < -0.3 is 0 Å². The van der Waals surface area contributed by atoms with Crippen molar-refractivity contribution >= 4 is 28.5 Å². The van der Waals surface area contributed by atoms with Crippen LogP contribution in [-0.4, -0.2) is 15.7 Å². The molecule has 0 amide bonds. The van der Waals surface area contributed by atoms with Gasteiger partial charge in [-0.05, 0) is 36.4 Å². The second-order valence-electron chi connectivity index (χ2n) is 5.87. The fourth-order valence-corrected chi connectivity index (χ4v) is 4.22. The quantitative estimate of drug-likeness (QED) is 0.564. The van der Waals surface area contributed by atoms with Crippen LogP contribution >= 0.6 is 22.7 Å². The molecule has 5 heteroatoms. The van der Waals surface area contributed by atoms with E-state index in [1.165, 1.54) is 27.3 Å². The van der Waals surface area contributed by atoms with E-state index in [0.717, 1.165) is 30.2 Å². The number of aromatic nitrogens is 1. The second-order valence-corrected chi connectivity index (χ2v) is 7.72. The van der Waals surface area contributed by atoms with Crippen LogP contribution in [0.5, 0.6) is 0 Å². The highest BCUT2D eigenvalue weighted by molar-refractivity contribution is 7.12. The number of thiazole rings is 1. The molecule has 0 fully saturated rings. The maximum absolute atomic E-state index is 11.5. The van der Waals surface area contributed by atoms with Gasteiger partial charge in [0.15, 0.2) is 5.78 Å². The molecule has 0 aliphatic rings. The first-order chi connectivity index (χ1) is 11.6. The van der Waals surface area contributed by atoms with Gasteiger partial charge >= 0.3 is 0 Å². The molecule has 0 aliphatic heterocycles. The lowest BCUT2D eigenvalue weighted by molar-refractivity contribution is 0.102. The van der Waals surface area contributed by atoms with Crippen molar-refractivity contribution in [3.05, 3.63) is 73.9 Å². The van der Waals surface area contributed by atoms with E-state index in [2.05, 4.69) is 46.5 Å². The lowest BCUT2D eigenvalue weighted by Gasteiger charge is -2.21. The summed E-state index contributed by atoms with van der Waals surface area (Å²) in [5.41, 5.74) is 5.50. The summed E-state index contributed by atoms with van der Waals surface area (Å²) in [4.78, 5) is 20.4. The van der Waals surface area contributed by atoms with E-state index in [0.29, 0.717) is 0 Å². The molecule has 1 aromatic carbocycles. The SMILES string of the molecule is CC(=O)c1cc(CN(Cc2ccccc2)Cc2scnc2C)cs1. The van der Waals surface area contributed by atoms with Crippen molar-refractivity contribution in [3.63, 3.8) is 0 Å². The summed E-state index contributed by atoms with van der Waals surface area (Å²) in [5, 5.41) is 2.09. The lowest BCUT2D eigenvalue weighted by atomic mass is 10.2. The Hall–Kier alpha value is -1.82. The number of thiophene rings is 1. The minimum atomic E-state index is 0.138. The van der Waals surface area contributed by atoms with Crippen LogP contribution in [0, 0.1) is 6.92 Å². The molecule has 2 heterocycles. The second kappa shape index (κ2) is 7.83.